The van der Waals surface area contributed by atoms with Gasteiger partial charge >= 0.3 is 0 Å². The number of nitrogens with zero attached hydrogens (tertiary/aromatic N) is 1. The van der Waals surface area contributed by atoms with E-state index in [1.807, 2.05) is 45.0 Å². The van der Waals surface area contributed by atoms with Crippen LogP contribution in [0.25, 0.3) is 6.08 Å². The second-order valence-corrected chi connectivity index (χ2v) is 7.34. The quantitative estimate of drug-likeness (QED) is 0.617. The van der Waals surface area contributed by atoms with Gasteiger partial charge in [0.1, 0.15) is 6.54 Å². The lowest BCUT2D eigenvalue weighted by molar-refractivity contribution is -0.123. The standard InChI is InChI=1S/C22H25N3O3/c1-14(2)12-24-21(26)13-25-18-11-17(23)7-8-19(18)28-20(22(25)27)10-16-6-4-5-15(3)9-16/h4-11,14H,12-13,23H2,1-3H3,(H,24,26)/b20-10+. The molecule has 1 aliphatic heterocycles. The van der Waals surface area contributed by atoms with Crippen LogP contribution in [0.5, 0.6) is 5.75 Å². The number of ether oxygens (including phenoxy) is 1. The number of nitrogens with one attached hydrogen (secondary N) is 1. The molecule has 6 heteroatoms. The molecule has 3 rings (SSSR count). The molecule has 2 aromatic carbocycles. The maximum Gasteiger partial charge on any atom is 0.294 e. The van der Waals surface area contributed by atoms with E-state index < -0.39 is 0 Å². The van der Waals surface area contributed by atoms with Crippen LogP contribution in [0, 0.1) is 12.8 Å². The Balaban J connectivity index is 1.93. The van der Waals surface area contributed by atoms with Crippen molar-refractivity contribution in [1.29, 1.82) is 0 Å². The van der Waals surface area contributed by atoms with Crippen LogP contribution >= 0.6 is 0 Å². The van der Waals surface area contributed by atoms with Crippen LogP contribution < -0.4 is 20.7 Å². The molecule has 28 heavy (non-hydrogen) atoms. The summed E-state index contributed by atoms with van der Waals surface area (Å²) in [7, 11) is 0. The van der Waals surface area contributed by atoms with Crippen LogP contribution in [0.1, 0.15) is 25.0 Å². The fraction of sp³-hybridized carbons (Fsp3) is 0.273. The molecule has 0 spiro atoms. The van der Waals surface area contributed by atoms with Gasteiger partial charge in [0.05, 0.1) is 5.69 Å². The van der Waals surface area contributed by atoms with Crippen LogP contribution in [0.15, 0.2) is 48.2 Å². The van der Waals surface area contributed by atoms with E-state index in [2.05, 4.69) is 5.32 Å². The van der Waals surface area contributed by atoms with Crippen molar-refractivity contribution in [3.8, 4) is 5.75 Å². The number of carbonyl (C=O) groups is 2. The zero-order valence-electron chi connectivity index (χ0n) is 16.4. The van der Waals surface area contributed by atoms with E-state index in [1.165, 1.54) is 4.90 Å². The van der Waals surface area contributed by atoms with Gasteiger partial charge < -0.3 is 15.8 Å². The molecule has 6 nitrogen and oxygen atoms in total. The van der Waals surface area contributed by atoms with Crippen molar-refractivity contribution in [2.24, 2.45) is 5.92 Å². The minimum absolute atomic E-state index is 0.101. The summed E-state index contributed by atoms with van der Waals surface area (Å²) in [4.78, 5) is 26.9. The summed E-state index contributed by atoms with van der Waals surface area (Å²) in [6.07, 6.45) is 1.69. The van der Waals surface area contributed by atoms with Gasteiger partial charge in [0.15, 0.2) is 11.5 Å². The Morgan fingerprint density at radius 3 is 2.75 bits per heavy atom. The van der Waals surface area contributed by atoms with Crippen molar-refractivity contribution in [3.63, 3.8) is 0 Å². The molecule has 0 fully saturated rings. The summed E-state index contributed by atoms with van der Waals surface area (Å²) in [5.41, 5.74) is 8.80. The van der Waals surface area contributed by atoms with Gasteiger partial charge in [-0.25, -0.2) is 0 Å². The summed E-state index contributed by atoms with van der Waals surface area (Å²) < 4.78 is 5.84. The van der Waals surface area contributed by atoms with Gasteiger partial charge in [0, 0.05) is 12.2 Å². The van der Waals surface area contributed by atoms with Crippen molar-refractivity contribution in [2.45, 2.75) is 20.8 Å². The Morgan fingerprint density at radius 1 is 1.25 bits per heavy atom. The largest absolute Gasteiger partial charge is 0.449 e. The average molecular weight is 379 g/mol. The van der Waals surface area contributed by atoms with Crippen molar-refractivity contribution < 1.29 is 14.3 Å². The molecule has 0 saturated heterocycles. The van der Waals surface area contributed by atoms with Crippen molar-refractivity contribution >= 4 is 29.3 Å². The van der Waals surface area contributed by atoms with Gasteiger partial charge in [0.2, 0.25) is 5.91 Å². The lowest BCUT2D eigenvalue weighted by Crippen LogP contribution is -2.44. The predicted molar refractivity (Wildman–Crippen MR) is 111 cm³/mol. The molecule has 3 N–H and O–H groups in total. The number of anilines is 2. The molecule has 0 aliphatic carbocycles. The smallest absolute Gasteiger partial charge is 0.294 e. The van der Waals surface area contributed by atoms with E-state index in [4.69, 9.17) is 10.5 Å². The van der Waals surface area contributed by atoms with E-state index in [9.17, 15) is 9.59 Å². The molecule has 0 saturated carbocycles. The minimum atomic E-state index is -0.376. The predicted octanol–water partition coefficient (Wildman–Crippen LogP) is 3.12. The number of rotatable bonds is 5. The van der Waals surface area contributed by atoms with E-state index in [-0.39, 0.29) is 24.1 Å². The Bertz CT molecular complexity index is 934. The van der Waals surface area contributed by atoms with E-state index in [0.29, 0.717) is 29.6 Å². The molecule has 2 aromatic rings. The van der Waals surface area contributed by atoms with Gasteiger partial charge in [-0.05, 0) is 42.7 Å². The number of nitrogens with two attached hydrogens (primary N) is 1. The molecule has 1 aliphatic rings. The number of nitrogen functional groups attached to an aromatic ring is 1. The Hall–Kier alpha value is -3.28. The number of aryl methyl sites for hydroxylation is 1. The lowest BCUT2D eigenvalue weighted by atomic mass is 10.1. The number of fused-ring (bicyclic) bond motifs is 1. The first-order valence-electron chi connectivity index (χ1n) is 9.28. The molecular formula is C22H25N3O3. The highest BCUT2D eigenvalue weighted by atomic mass is 16.5. The highest BCUT2D eigenvalue weighted by molar-refractivity contribution is 6.12. The van der Waals surface area contributed by atoms with E-state index >= 15 is 0 Å². The molecule has 0 aromatic heterocycles. The molecule has 0 atom stereocenters. The third-order valence-electron chi connectivity index (χ3n) is 4.30. The van der Waals surface area contributed by atoms with Crippen LogP contribution in [0.3, 0.4) is 0 Å². The van der Waals surface area contributed by atoms with Crippen molar-refractivity contribution in [2.75, 3.05) is 23.7 Å². The molecule has 2 amide bonds. The molecule has 0 radical (unpaired) electrons. The van der Waals surface area contributed by atoms with Gasteiger partial charge in [-0.2, -0.15) is 0 Å². The Kier molecular flexibility index (Phi) is 5.68. The molecule has 0 bridgehead atoms. The third-order valence-corrected chi connectivity index (χ3v) is 4.30. The zero-order chi connectivity index (χ0) is 20.3. The summed E-state index contributed by atoms with van der Waals surface area (Å²) in [6, 6.07) is 12.8. The van der Waals surface area contributed by atoms with Gasteiger partial charge in [-0.15, -0.1) is 0 Å². The second kappa shape index (κ2) is 8.17. The minimum Gasteiger partial charge on any atom is -0.449 e. The molecule has 0 unspecified atom stereocenters. The SMILES string of the molecule is Cc1cccc(/C=C2/Oc3ccc(N)cc3N(CC(=O)NCC(C)C)C2=O)c1. The topological polar surface area (TPSA) is 84.7 Å². The fourth-order valence-corrected chi connectivity index (χ4v) is 2.91. The van der Waals surface area contributed by atoms with Gasteiger partial charge in [0.25, 0.3) is 5.91 Å². The number of hydrogen-bond acceptors (Lipinski definition) is 4. The number of hydrogen-bond donors (Lipinski definition) is 2. The second-order valence-electron chi connectivity index (χ2n) is 7.34. The van der Waals surface area contributed by atoms with Gasteiger partial charge in [-0.1, -0.05) is 43.7 Å². The number of amides is 2. The van der Waals surface area contributed by atoms with Crippen LogP contribution in [0.2, 0.25) is 0 Å². The van der Waals surface area contributed by atoms with Crippen LogP contribution in [-0.4, -0.2) is 24.9 Å². The van der Waals surface area contributed by atoms with Crippen LogP contribution in [0.4, 0.5) is 11.4 Å². The maximum atomic E-state index is 13.1. The summed E-state index contributed by atoms with van der Waals surface area (Å²) in [6.45, 7) is 6.45. The molecule has 146 valence electrons. The zero-order valence-corrected chi connectivity index (χ0v) is 16.4. The summed E-state index contributed by atoms with van der Waals surface area (Å²) in [5.74, 6) is 0.375. The molecular weight excluding hydrogens is 354 g/mol. The Labute approximate surface area is 165 Å². The first-order valence-corrected chi connectivity index (χ1v) is 9.28. The number of carbonyl (C=O) groups excluding carboxylic acids is 2. The summed E-state index contributed by atoms with van der Waals surface area (Å²) >= 11 is 0. The van der Waals surface area contributed by atoms with Gasteiger partial charge in [-0.3, -0.25) is 14.5 Å². The van der Waals surface area contributed by atoms with E-state index in [0.717, 1.165) is 11.1 Å². The van der Waals surface area contributed by atoms with E-state index in [1.54, 1.807) is 24.3 Å². The lowest BCUT2D eigenvalue weighted by Gasteiger charge is -2.30. The first-order chi connectivity index (χ1) is 13.3. The summed E-state index contributed by atoms with van der Waals surface area (Å²) in [5, 5.41) is 2.84. The monoisotopic (exact) mass is 379 g/mol. The van der Waals surface area contributed by atoms with Crippen molar-refractivity contribution in [1.82, 2.24) is 5.32 Å². The Morgan fingerprint density at radius 2 is 2.04 bits per heavy atom. The normalized spacial score (nSPS) is 14.8. The highest BCUT2D eigenvalue weighted by Gasteiger charge is 2.32. The fourth-order valence-electron chi connectivity index (χ4n) is 2.91. The van der Waals surface area contributed by atoms with Crippen molar-refractivity contribution in [3.05, 3.63) is 59.4 Å². The number of benzene rings is 2. The maximum absolute atomic E-state index is 13.1. The first kappa shape index (κ1) is 19.5. The highest BCUT2D eigenvalue weighted by Crippen LogP contribution is 2.37. The molecule has 1 heterocycles. The average Bonchev–Trinajstić information content (AvgIpc) is 2.64. The van der Waals surface area contributed by atoms with Crippen LogP contribution in [-0.2, 0) is 9.59 Å². The third kappa shape index (κ3) is 4.52.